The first kappa shape index (κ1) is 41.8. The first-order valence-electron chi connectivity index (χ1n) is 25.3. The number of rotatable bonds is 8. The van der Waals surface area contributed by atoms with E-state index in [0.29, 0.717) is 0 Å². The Morgan fingerprint density at radius 3 is 1.41 bits per heavy atom. The molecule has 0 amide bonds. The summed E-state index contributed by atoms with van der Waals surface area (Å²) >= 11 is 0. The van der Waals surface area contributed by atoms with Gasteiger partial charge in [-0.3, -0.25) is 0 Å². The summed E-state index contributed by atoms with van der Waals surface area (Å²) in [6, 6.07) is 99.2. The molecule has 74 heavy (non-hydrogen) atoms. The molecule has 346 valence electrons. The molecular weight excluding hydrogens is 899 g/mol. The van der Waals surface area contributed by atoms with Gasteiger partial charge < -0.3 is 18.5 Å². The minimum atomic E-state index is 0.892. The van der Waals surface area contributed by atoms with Crippen molar-refractivity contribution in [3.63, 3.8) is 0 Å². The lowest BCUT2D eigenvalue weighted by Gasteiger charge is -2.26. The number of hydrogen-bond donors (Lipinski definition) is 0. The van der Waals surface area contributed by atoms with Crippen molar-refractivity contribution in [1.29, 1.82) is 0 Å². The first-order chi connectivity index (χ1) is 36.7. The Balaban J connectivity index is 0.898. The van der Waals surface area contributed by atoms with E-state index in [9.17, 15) is 0 Å². The predicted octanol–water partition coefficient (Wildman–Crippen LogP) is 19.4. The molecule has 0 radical (unpaired) electrons. The highest BCUT2D eigenvalue weighted by Crippen LogP contribution is 2.43. The Kier molecular flexibility index (Phi) is 9.54. The molecule has 15 aromatic rings. The van der Waals surface area contributed by atoms with Crippen LogP contribution in [0.4, 0.5) is 17.1 Å². The maximum atomic E-state index is 6.26. The molecule has 0 aliphatic heterocycles. The van der Waals surface area contributed by atoms with Gasteiger partial charge in [-0.2, -0.15) is 0 Å². The lowest BCUT2D eigenvalue weighted by atomic mass is 9.92. The van der Waals surface area contributed by atoms with E-state index in [2.05, 4.69) is 275 Å². The molecule has 0 atom stereocenters. The van der Waals surface area contributed by atoms with Crippen LogP contribution in [0.25, 0.3) is 121 Å². The van der Waals surface area contributed by atoms with E-state index in [1.165, 1.54) is 48.9 Å². The highest BCUT2D eigenvalue weighted by Gasteiger charge is 2.19. The third-order valence-corrected chi connectivity index (χ3v) is 15.0. The standard InChI is InChI=1S/C70H45N3O/c1-3-17-54(18-4-1)71(57-34-29-46-15-7-8-16-48(46)42-57)56-32-27-47(28-33-56)51-39-52(49-30-36-67-62(43-49)59-21-9-12-24-65(59)72(67)55-19-5-2-6-20-55)41-53(40-51)50-31-37-68-63(44-50)60-22-10-13-25-66(60)73(68)58-35-38-70-64(45-58)61-23-11-14-26-69(61)74-70/h1-45H. The van der Waals surface area contributed by atoms with Crippen LogP contribution in [0.1, 0.15) is 0 Å². The van der Waals surface area contributed by atoms with Gasteiger partial charge in [0.1, 0.15) is 11.2 Å². The van der Waals surface area contributed by atoms with Crippen molar-refractivity contribution in [3.8, 4) is 44.8 Å². The lowest BCUT2D eigenvalue weighted by molar-refractivity contribution is 0.669. The van der Waals surface area contributed by atoms with Crippen LogP contribution in [0, 0.1) is 0 Å². The SMILES string of the molecule is c1ccc(N(c2ccc(-c3cc(-c4ccc5c(c4)c4ccccc4n5-c4ccccc4)cc(-c4ccc5c(c4)c4ccccc4n5-c4ccc5oc6ccccc6c5c4)c3)cc2)c2ccc3ccccc3c2)cc1. The summed E-state index contributed by atoms with van der Waals surface area (Å²) in [7, 11) is 0. The number of para-hydroxylation sites is 5. The van der Waals surface area contributed by atoms with Crippen LogP contribution in [0.2, 0.25) is 0 Å². The van der Waals surface area contributed by atoms with Crippen LogP contribution in [-0.4, -0.2) is 9.13 Å². The number of benzene rings is 12. The minimum Gasteiger partial charge on any atom is -0.456 e. The number of aromatic nitrogens is 2. The normalized spacial score (nSPS) is 11.8. The Morgan fingerprint density at radius 1 is 0.243 bits per heavy atom. The fourth-order valence-electron chi connectivity index (χ4n) is 11.6. The average Bonchev–Trinajstić information content (AvgIpc) is 4.13. The molecule has 0 bridgehead atoms. The third-order valence-electron chi connectivity index (χ3n) is 15.0. The Bertz CT molecular complexity index is 4660. The number of nitrogens with zero attached hydrogens (tertiary/aromatic N) is 3. The molecule has 0 spiro atoms. The Labute approximate surface area is 427 Å². The molecule has 4 heteroatoms. The van der Waals surface area contributed by atoms with Gasteiger partial charge in [-0.25, -0.2) is 0 Å². The fraction of sp³-hybridized carbons (Fsp3) is 0. The van der Waals surface area contributed by atoms with Crippen molar-refractivity contribution >= 4 is 93.4 Å². The van der Waals surface area contributed by atoms with Gasteiger partial charge in [-0.05, 0) is 172 Å². The molecule has 3 heterocycles. The third kappa shape index (κ3) is 6.84. The highest BCUT2D eigenvalue weighted by atomic mass is 16.3. The molecule has 0 saturated heterocycles. The van der Waals surface area contributed by atoms with E-state index in [1.54, 1.807) is 0 Å². The van der Waals surface area contributed by atoms with E-state index < -0.39 is 0 Å². The Hall–Kier alpha value is -9.90. The van der Waals surface area contributed by atoms with Crippen LogP contribution in [0.5, 0.6) is 0 Å². The first-order valence-corrected chi connectivity index (χ1v) is 25.3. The predicted molar refractivity (Wildman–Crippen MR) is 311 cm³/mol. The van der Waals surface area contributed by atoms with Gasteiger partial charge in [-0.15, -0.1) is 0 Å². The quantitative estimate of drug-likeness (QED) is 0.152. The largest absolute Gasteiger partial charge is 0.456 e. The van der Waals surface area contributed by atoms with Gasteiger partial charge >= 0.3 is 0 Å². The topological polar surface area (TPSA) is 26.2 Å². The van der Waals surface area contributed by atoms with E-state index in [-0.39, 0.29) is 0 Å². The smallest absolute Gasteiger partial charge is 0.135 e. The molecule has 12 aromatic carbocycles. The van der Waals surface area contributed by atoms with Crippen molar-refractivity contribution in [2.75, 3.05) is 4.90 Å². The molecule has 0 N–H and O–H groups in total. The number of fused-ring (bicyclic) bond motifs is 10. The second-order valence-corrected chi connectivity index (χ2v) is 19.3. The zero-order valence-corrected chi connectivity index (χ0v) is 40.2. The van der Waals surface area contributed by atoms with Crippen LogP contribution >= 0.6 is 0 Å². The number of anilines is 3. The maximum absolute atomic E-state index is 6.26. The van der Waals surface area contributed by atoms with Crippen molar-refractivity contribution in [2.24, 2.45) is 0 Å². The molecule has 15 rings (SSSR count). The van der Waals surface area contributed by atoms with E-state index in [0.717, 1.165) is 89.2 Å². The summed E-state index contributed by atoms with van der Waals surface area (Å²) in [5.41, 5.74) is 19.0. The number of hydrogen-bond acceptors (Lipinski definition) is 2. The molecular formula is C70H45N3O. The second kappa shape index (κ2) is 16.9. The van der Waals surface area contributed by atoms with Crippen molar-refractivity contribution in [3.05, 3.63) is 273 Å². The van der Waals surface area contributed by atoms with Crippen molar-refractivity contribution in [1.82, 2.24) is 9.13 Å². The molecule has 4 nitrogen and oxygen atoms in total. The molecule has 0 saturated carbocycles. The van der Waals surface area contributed by atoms with E-state index >= 15 is 0 Å². The molecule has 0 fully saturated rings. The summed E-state index contributed by atoms with van der Waals surface area (Å²) in [6.07, 6.45) is 0. The molecule has 0 unspecified atom stereocenters. The van der Waals surface area contributed by atoms with Crippen LogP contribution in [-0.2, 0) is 0 Å². The molecule has 0 aliphatic carbocycles. The maximum Gasteiger partial charge on any atom is 0.135 e. The van der Waals surface area contributed by atoms with Gasteiger partial charge in [0.2, 0.25) is 0 Å². The Morgan fingerprint density at radius 2 is 0.730 bits per heavy atom. The molecule has 0 aliphatic rings. The number of furan rings is 1. The van der Waals surface area contributed by atoms with Crippen LogP contribution in [0.15, 0.2) is 277 Å². The second-order valence-electron chi connectivity index (χ2n) is 19.3. The lowest BCUT2D eigenvalue weighted by Crippen LogP contribution is -2.09. The summed E-state index contributed by atoms with van der Waals surface area (Å²) in [4.78, 5) is 2.35. The summed E-state index contributed by atoms with van der Waals surface area (Å²) in [5.74, 6) is 0. The zero-order valence-electron chi connectivity index (χ0n) is 40.2. The highest BCUT2D eigenvalue weighted by molar-refractivity contribution is 6.13. The summed E-state index contributed by atoms with van der Waals surface area (Å²) in [5, 5.41) is 9.55. The summed E-state index contributed by atoms with van der Waals surface area (Å²) in [6.45, 7) is 0. The molecule has 3 aromatic heterocycles. The van der Waals surface area contributed by atoms with Gasteiger partial charge in [0.05, 0.1) is 22.1 Å². The summed E-state index contributed by atoms with van der Waals surface area (Å²) < 4.78 is 11.0. The van der Waals surface area contributed by atoms with Gasteiger partial charge in [0.15, 0.2) is 0 Å². The van der Waals surface area contributed by atoms with Crippen LogP contribution < -0.4 is 4.90 Å². The van der Waals surface area contributed by atoms with Gasteiger partial charge in [0.25, 0.3) is 0 Å². The van der Waals surface area contributed by atoms with E-state index in [1.807, 2.05) is 12.1 Å². The minimum absolute atomic E-state index is 0.892. The fourth-order valence-corrected chi connectivity index (χ4v) is 11.6. The van der Waals surface area contributed by atoms with Gasteiger partial charge in [0, 0.05) is 60.8 Å². The van der Waals surface area contributed by atoms with Crippen molar-refractivity contribution < 1.29 is 4.42 Å². The van der Waals surface area contributed by atoms with E-state index in [4.69, 9.17) is 4.42 Å². The van der Waals surface area contributed by atoms with Crippen LogP contribution in [0.3, 0.4) is 0 Å². The van der Waals surface area contributed by atoms with Crippen molar-refractivity contribution in [2.45, 2.75) is 0 Å². The zero-order chi connectivity index (χ0) is 48.7. The monoisotopic (exact) mass is 943 g/mol. The average molecular weight is 944 g/mol. The van der Waals surface area contributed by atoms with Gasteiger partial charge in [-0.1, -0.05) is 146 Å².